The number of halogens is 1. The Morgan fingerprint density at radius 2 is 1.68 bits per heavy atom. The molecule has 0 spiro atoms. The van der Waals surface area contributed by atoms with Gasteiger partial charge in [0.1, 0.15) is 5.82 Å². The molecule has 0 radical (unpaired) electrons. The highest BCUT2D eigenvalue weighted by Gasteiger charge is 2.22. The summed E-state index contributed by atoms with van der Waals surface area (Å²) in [4.78, 5) is 34.6. The van der Waals surface area contributed by atoms with E-state index in [1.807, 2.05) is 0 Å². The lowest BCUT2D eigenvalue weighted by Crippen LogP contribution is -2.26. The van der Waals surface area contributed by atoms with Crippen LogP contribution >= 0.6 is 0 Å². The highest BCUT2D eigenvalue weighted by molar-refractivity contribution is 5.88. The second-order valence-corrected chi connectivity index (χ2v) is 5.38. The van der Waals surface area contributed by atoms with Crippen molar-refractivity contribution in [2.45, 2.75) is 19.4 Å². The van der Waals surface area contributed by atoms with Crippen molar-refractivity contribution in [3.05, 3.63) is 65.5 Å². The van der Waals surface area contributed by atoms with Crippen LogP contribution in [0.2, 0.25) is 0 Å². The molecule has 3 N–H and O–H groups in total. The molecule has 7 heteroatoms. The van der Waals surface area contributed by atoms with E-state index in [0.717, 1.165) is 12.1 Å². The van der Waals surface area contributed by atoms with Crippen molar-refractivity contribution in [3.63, 3.8) is 0 Å². The van der Waals surface area contributed by atoms with Crippen LogP contribution in [0.25, 0.3) is 0 Å². The highest BCUT2D eigenvalue weighted by atomic mass is 19.1. The Labute approximate surface area is 143 Å². The molecule has 0 bridgehead atoms. The van der Waals surface area contributed by atoms with Gasteiger partial charge in [0.05, 0.1) is 6.42 Å². The molecule has 1 atom stereocenters. The van der Waals surface area contributed by atoms with E-state index in [0.29, 0.717) is 16.8 Å². The van der Waals surface area contributed by atoms with Gasteiger partial charge in [0, 0.05) is 18.2 Å². The van der Waals surface area contributed by atoms with Gasteiger partial charge < -0.3 is 15.8 Å². The number of carbonyl (C=O) groups is 3. The minimum absolute atomic E-state index is 0.0780. The van der Waals surface area contributed by atoms with Crippen molar-refractivity contribution in [2.24, 2.45) is 5.73 Å². The Balaban J connectivity index is 2.02. The van der Waals surface area contributed by atoms with Gasteiger partial charge in [-0.2, -0.15) is 0 Å². The molecule has 2 amide bonds. The first-order valence-electron chi connectivity index (χ1n) is 7.46. The van der Waals surface area contributed by atoms with Crippen LogP contribution in [0.1, 0.15) is 24.2 Å². The molecule has 0 aliphatic carbocycles. The number of carbonyl (C=O) groups excluding carboxylic acids is 3. The number of esters is 1. The van der Waals surface area contributed by atoms with Crippen LogP contribution in [-0.2, 0) is 25.5 Å². The van der Waals surface area contributed by atoms with Crippen molar-refractivity contribution in [1.82, 2.24) is 0 Å². The van der Waals surface area contributed by atoms with Gasteiger partial charge in [0.15, 0.2) is 0 Å². The normalized spacial score (nSPS) is 11.4. The summed E-state index contributed by atoms with van der Waals surface area (Å²) in [5.74, 6) is -2.17. The van der Waals surface area contributed by atoms with Gasteiger partial charge in [-0.05, 0) is 29.8 Å². The number of hydrogen-bond acceptors (Lipinski definition) is 4. The number of anilines is 1. The summed E-state index contributed by atoms with van der Waals surface area (Å²) in [6.07, 6.45) is -1.36. The smallest absolute Gasteiger partial charge is 0.311 e. The second-order valence-electron chi connectivity index (χ2n) is 5.38. The highest BCUT2D eigenvalue weighted by Crippen LogP contribution is 2.19. The number of amides is 2. The van der Waals surface area contributed by atoms with Gasteiger partial charge >= 0.3 is 5.97 Å². The Morgan fingerprint density at radius 3 is 2.20 bits per heavy atom. The molecule has 130 valence electrons. The van der Waals surface area contributed by atoms with Gasteiger partial charge in [0.25, 0.3) is 5.91 Å². The summed E-state index contributed by atoms with van der Waals surface area (Å²) < 4.78 is 18.1. The van der Waals surface area contributed by atoms with Crippen molar-refractivity contribution >= 4 is 23.5 Å². The third kappa shape index (κ3) is 5.42. The lowest BCUT2D eigenvalue weighted by atomic mass is 10.1. The van der Waals surface area contributed by atoms with Gasteiger partial charge in [-0.15, -0.1) is 0 Å². The lowest BCUT2D eigenvalue weighted by molar-refractivity contribution is -0.154. The van der Waals surface area contributed by atoms with Crippen LogP contribution in [-0.4, -0.2) is 17.8 Å². The molecule has 0 fully saturated rings. The molecule has 0 saturated carbocycles. The molecule has 2 aromatic carbocycles. The Kier molecular flexibility index (Phi) is 5.84. The number of rotatable bonds is 6. The predicted octanol–water partition coefficient (Wildman–Crippen LogP) is 2.10. The van der Waals surface area contributed by atoms with Crippen LogP contribution in [0.15, 0.2) is 48.5 Å². The first kappa shape index (κ1) is 18.1. The summed E-state index contributed by atoms with van der Waals surface area (Å²) in [5.41, 5.74) is 6.80. The van der Waals surface area contributed by atoms with Gasteiger partial charge in [-0.3, -0.25) is 14.4 Å². The van der Waals surface area contributed by atoms with Crippen molar-refractivity contribution in [2.75, 3.05) is 5.32 Å². The van der Waals surface area contributed by atoms with E-state index in [4.69, 9.17) is 10.5 Å². The van der Waals surface area contributed by atoms with E-state index >= 15 is 0 Å². The Bertz CT molecular complexity index is 773. The molecule has 0 aromatic heterocycles. The monoisotopic (exact) mass is 344 g/mol. The average molecular weight is 344 g/mol. The number of nitrogens with one attached hydrogen (secondary N) is 1. The van der Waals surface area contributed by atoms with E-state index < -0.39 is 23.8 Å². The third-order valence-corrected chi connectivity index (χ3v) is 3.30. The number of benzene rings is 2. The fourth-order valence-corrected chi connectivity index (χ4v) is 2.18. The molecule has 6 nitrogen and oxygen atoms in total. The number of nitrogens with two attached hydrogens (primary N) is 1. The zero-order chi connectivity index (χ0) is 18.4. The zero-order valence-corrected chi connectivity index (χ0v) is 13.5. The van der Waals surface area contributed by atoms with Crippen molar-refractivity contribution in [3.8, 4) is 0 Å². The molecule has 2 rings (SSSR count). The van der Waals surface area contributed by atoms with Crippen LogP contribution in [0.4, 0.5) is 10.1 Å². The van der Waals surface area contributed by atoms with E-state index in [1.54, 1.807) is 24.3 Å². The fraction of sp³-hybridized carbons (Fsp3) is 0.167. The van der Waals surface area contributed by atoms with Crippen molar-refractivity contribution < 1.29 is 23.5 Å². The van der Waals surface area contributed by atoms with Gasteiger partial charge in [-0.1, -0.05) is 24.3 Å². The lowest BCUT2D eigenvalue weighted by Gasteiger charge is -2.15. The topological polar surface area (TPSA) is 98.5 Å². The molecule has 2 aromatic rings. The zero-order valence-electron chi connectivity index (χ0n) is 13.5. The molecule has 0 unspecified atom stereocenters. The molecular formula is C18H17FN2O4. The maximum Gasteiger partial charge on any atom is 0.311 e. The summed E-state index contributed by atoms with van der Waals surface area (Å²) in [6, 6.07) is 11.6. The number of primary amides is 1. The average Bonchev–Trinajstić information content (AvgIpc) is 2.55. The van der Waals surface area contributed by atoms with Crippen LogP contribution in [0.5, 0.6) is 0 Å². The minimum atomic E-state index is -1.29. The fourth-order valence-electron chi connectivity index (χ4n) is 2.18. The molecule has 0 saturated heterocycles. The number of ether oxygens (including phenoxy) is 1. The minimum Gasteiger partial charge on any atom is -0.447 e. The maximum atomic E-state index is 13.0. The third-order valence-electron chi connectivity index (χ3n) is 3.30. The van der Waals surface area contributed by atoms with Crippen LogP contribution in [0.3, 0.4) is 0 Å². The van der Waals surface area contributed by atoms with E-state index in [1.165, 1.54) is 19.1 Å². The van der Waals surface area contributed by atoms with E-state index in [2.05, 4.69) is 5.32 Å². The summed E-state index contributed by atoms with van der Waals surface area (Å²) >= 11 is 0. The molecule has 25 heavy (non-hydrogen) atoms. The molecule has 0 aliphatic heterocycles. The van der Waals surface area contributed by atoms with E-state index in [9.17, 15) is 18.8 Å². The summed E-state index contributed by atoms with van der Waals surface area (Å²) in [6.45, 7) is 1.39. The molecule has 0 heterocycles. The number of hydrogen-bond donors (Lipinski definition) is 2. The standard InChI is InChI=1S/C18H17FN2O4/c1-11(22)21-15-8-2-12(3-9-15)10-16(23)25-17(18(20)24)13-4-6-14(19)7-5-13/h2-9,17H,10H2,1H3,(H2,20,24)(H,21,22)/t17-/m1/s1. The van der Waals surface area contributed by atoms with Gasteiger partial charge in [-0.25, -0.2) is 4.39 Å². The van der Waals surface area contributed by atoms with Crippen LogP contribution in [0, 0.1) is 5.82 Å². The quantitative estimate of drug-likeness (QED) is 0.784. The van der Waals surface area contributed by atoms with E-state index in [-0.39, 0.29) is 12.3 Å². The maximum absolute atomic E-state index is 13.0. The Hall–Kier alpha value is -3.22. The summed E-state index contributed by atoms with van der Waals surface area (Å²) in [5, 5.41) is 2.61. The van der Waals surface area contributed by atoms with Crippen molar-refractivity contribution in [1.29, 1.82) is 0 Å². The predicted molar refractivity (Wildman–Crippen MR) is 88.9 cm³/mol. The first-order chi connectivity index (χ1) is 11.8. The second kappa shape index (κ2) is 8.05. The molecular weight excluding hydrogens is 327 g/mol. The summed E-state index contributed by atoms with van der Waals surface area (Å²) in [7, 11) is 0. The SMILES string of the molecule is CC(=O)Nc1ccc(CC(=O)O[C@@H](C(N)=O)c2ccc(F)cc2)cc1. The van der Waals surface area contributed by atoms with Crippen LogP contribution < -0.4 is 11.1 Å². The first-order valence-corrected chi connectivity index (χ1v) is 7.46. The van der Waals surface area contributed by atoms with Gasteiger partial charge in [0.2, 0.25) is 12.0 Å². The Morgan fingerprint density at radius 1 is 1.08 bits per heavy atom. The molecule has 0 aliphatic rings. The largest absolute Gasteiger partial charge is 0.447 e.